The number of nitrogens with one attached hydrogen (secondary N) is 1. The van der Waals surface area contributed by atoms with Crippen LogP contribution in [0.15, 0.2) is 35.3 Å². The summed E-state index contributed by atoms with van der Waals surface area (Å²) in [6.07, 6.45) is 4.22. The molecule has 2 rings (SSSR count). The van der Waals surface area contributed by atoms with E-state index in [0.717, 1.165) is 0 Å². The molecule has 98 valence electrons. The Labute approximate surface area is 107 Å². The lowest BCUT2D eigenvalue weighted by Crippen LogP contribution is -2.38. The van der Waals surface area contributed by atoms with Crippen LogP contribution in [0.2, 0.25) is 0 Å². The molecule has 8 nitrogen and oxygen atoms in total. The molecule has 0 fully saturated rings. The molecule has 2 aromatic heterocycles. The van der Waals surface area contributed by atoms with E-state index in [4.69, 9.17) is 5.11 Å². The first-order valence-electron chi connectivity index (χ1n) is 5.44. The van der Waals surface area contributed by atoms with Crippen molar-refractivity contribution in [2.45, 2.75) is 13.0 Å². The minimum Gasteiger partial charge on any atom is -0.481 e. The number of hydrogen-bond donors (Lipinski definition) is 2. The highest BCUT2D eigenvalue weighted by atomic mass is 16.5. The molecule has 0 aromatic carbocycles. The summed E-state index contributed by atoms with van der Waals surface area (Å²) in [5.74, 6) is -0.957. The smallest absolute Gasteiger partial charge is 0.309 e. The van der Waals surface area contributed by atoms with Gasteiger partial charge in [0.15, 0.2) is 18.6 Å². The first-order valence-corrected chi connectivity index (χ1v) is 5.44. The second-order valence-corrected chi connectivity index (χ2v) is 3.66. The molecule has 0 atom stereocenters. The summed E-state index contributed by atoms with van der Waals surface area (Å²) < 4.78 is 6.03. The second-order valence-electron chi connectivity index (χ2n) is 3.66. The number of hydrogen-bond acceptors (Lipinski definition) is 5. The number of carbonyl (C=O) groups is 2. The van der Waals surface area contributed by atoms with Crippen LogP contribution >= 0.6 is 0 Å². The van der Waals surface area contributed by atoms with Crippen LogP contribution < -0.4 is 10.00 Å². The standard InChI is InChI=1S/C11H10N4O4/c16-10(17)2-5-15-4-1-8(7-12-15)11(18)13-9-3-6-19-14-9/h1,3-4,6-7H,2,5H2,(H-,13,14,16,17,18)/p+1. The van der Waals surface area contributed by atoms with Crippen molar-refractivity contribution in [3.8, 4) is 0 Å². The van der Waals surface area contributed by atoms with E-state index in [1.54, 1.807) is 12.3 Å². The number of aromatic nitrogens is 3. The number of aryl methyl sites for hydroxylation is 1. The SMILES string of the molecule is O=C(O)CC[n+]1ccc(C(=O)Nc2ccon2)cn1. The normalized spacial score (nSPS) is 10.1. The lowest BCUT2D eigenvalue weighted by atomic mass is 10.3. The molecule has 0 unspecified atom stereocenters. The van der Waals surface area contributed by atoms with Crippen LogP contribution in [0.3, 0.4) is 0 Å². The maximum absolute atomic E-state index is 11.8. The number of anilines is 1. The molecule has 1 amide bonds. The number of amides is 1. The first kappa shape index (κ1) is 12.7. The molecular weight excluding hydrogens is 252 g/mol. The van der Waals surface area contributed by atoms with Crippen LogP contribution in [0.4, 0.5) is 5.82 Å². The summed E-state index contributed by atoms with van der Waals surface area (Å²) in [5, 5.41) is 18.6. The summed E-state index contributed by atoms with van der Waals surface area (Å²) in [6, 6.07) is 3.06. The molecule has 0 saturated carbocycles. The summed E-state index contributed by atoms with van der Waals surface area (Å²) in [7, 11) is 0. The molecule has 0 spiro atoms. The summed E-state index contributed by atoms with van der Waals surface area (Å²) in [4.78, 5) is 22.2. The lowest BCUT2D eigenvalue weighted by molar-refractivity contribution is -0.753. The number of aliphatic carboxylic acids is 1. The number of carboxylic acids is 1. The Morgan fingerprint density at radius 1 is 1.42 bits per heavy atom. The van der Waals surface area contributed by atoms with Crippen molar-refractivity contribution < 1.29 is 23.9 Å². The maximum atomic E-state index is 11.8. The Bertz CT molecular complexity index is 565. The Kier molecular flexibility index (Phi) is 3.81. The quantitative estimate of drug-likeness (QED) is 0.739. The van der Waals surface area contributed by atoms with Gasteiger partial charge in [-0.25, -0.2) is 0 Å². The highest BCUT2D eigenvalue weighted by Crippen LogP contribution is 2.04. The molecule has 0 aliphatic rings. The zero-order valence-corrected chi connectivity index (χ0v) is 9.81. The van der Waals surface area contributed by atoms with Gasteiger partial charge in [0, 0.05) is 12.1 Å². The van der Waals surface area contributed by atoms with Gasteiger partial charge in [-0.05, 0) is 5.10 Å². The minimum atomic E-state index is -0.901. The summed E-state index contributed by atoms with van der Waals surface area (Å²) in [6.45, 7) is 0.251. The summed E-state index contributed by atoms with van der Waals surface area (Å²) >= 11 is 0. The van der Waals surface area contributed by atoms with Gasteiger partial charge in [0.2, 0.25) is 0 Å². The first-order chi connectivity index (χ1) is 9.15. The van der Waals surface area contributed by atoms with Crippen molar-refractivity contribution >= 4 is 17.7 Å². The van der Waals surface area contributed by atoms with Gasteiger partial charge in [-0.1, -0.05) is 9.84 Å². The highest BCUT2D eigenvalue weighted by Gasteiger charge is 2.12. The van der Waals surface area contributed by atoms with Gasteiger partial charge in [-0.3, -0.25) is 9.59 Å². The number of rotatable bonds is 5. The predicted octanol–water partition coefficient (Wildman–Crippen LogP) is 0.0841. The molecule has 2 heterocycles. The van der Waals surface area contributed by atoms with Crippen LogP contribution in [-0.4, -0.2) is 27.2 Å². The molecule has 2 aromatic rings. The monoisotopic (exact) mass is 263 g/mol. The van der Waals surface area contributed by atoms with E-state index in [1.807, 2.05) is 0 Å². The van der Waals surface area contributed by atoms with E-state index in [-0.39, 0.29) is 18.9 Å². The Hall–Kier alpha value is -2.77. The number of nitrogens with zero attached hydrogens (tertiary/aromatic N) is 3. The van der Waals surface area contributed by atoms with Gasteiger partial charge >= 0.3 is 5.97 Å². The third-order valence-electron chi connectivity index (χ3n) is 2.27. The molecule has 0 aliphatic heterocycles. The van der Waals surface area contributed by atoms with Crippen molar-refractivity contribution in [1.29, 1.82) is 0 Å². The molecule has 0 bridgehead atoms. The zero-order chi connectivity index (χ0) is 13.7. The van der Waals surface area contributed by atoms with E-state index >= 15 is 0 Å². The molecule has 0 radical (unpaired) electrons. The van der Waals surface area contributed by atoms with Crippen LogP contribution in [0.5, 0.6) is 0 Å². The van der Waals surface area contributed by atoms with Crippen LogP contribution in [0.1, 0.15) is 16.8 Å². The van der Waals surface area contributed by atoms with Crippen molar-refractivity contribution in [1.82, 2.24) is 10.3 Å². The van der Waals surface area contributed by atoms with Crippen molar-refractivity contribution in [3.05, 3.63) is 36.4 Å². The Balaban J connectivity index is 1.97. The largest absolute Gasteiger partial charge is 0.481 e. The van der Waals surface area contributed by atoms with Crippen LogP contribution in [-0.2, 0) is 11.3 Å². The lowest BCUT2D eigenvalue weighted by Gasteiger charge is -1.99. The van der Waals surface area contributed by atoms with E-state index in [1.165, 1.54) is 23.2 Å². The molecular formula is C11H11N4O4+. The predicted molar refractivity (Wildman–Crippen MR) is 61.1 cm³/mol. The fourth-order valence-electron chi connectivity index (χ4n) is 1.33. The average molecular weight is 263 g/mol. The van der Waals surface area contributed by atoms with Crippen molar-refractivity contribution in [3.63, 3.8) is 0 Å². The third kappa shape index (κ3) is 3.60. The fraction of sp³-hybridized carbons (Fsp3) is 0.182. The number of carbonyl (C=O) groups excluding carboxylic acids is 1. The fourth-order valence-corrected chi connectivity index (χ4v) is 1.33. The van der Waals surface area contributed by atoms with Crippen LogP contribution in [0.25, 0.3) is 0 Å². The molecule has 0 aliphatic carbocycles. The summed E-state index contributed by atoms with van der Waals surface area (Å²) in [5.41, 5.74) is 0.342. The maximum Gasteiger partial charge on any atom is 0.309 e. The van der Waals surface area contributed by atoms with E-state index < -0.39 is 5.97 Å². The van der Waals surface area contributed by atoms with Crippen LogP contribution in [0, 0.1) is 0 Å². The van der Waals surface area contributed by atoms with Gasteiger partial charge in [0.1, 0.15) is 18.9 Å². The molecule has 0 saturated heterocycles. The van der Waals surface area contributed by atoms with Gasteiger partial charge in [0.25, 0.3) is 5.91 Å². The average Bonchev–Trinajstić information content (AvgIpc) is 2.89. The third-order valence-corrected chi connectivity index (χ3v) is 2.27. The zero-order valence-electron chi connectivity index (χ0n) is 9.81. The number of carboxylic acid groups (broad SMARTS) is 1. The topological polar surface area (TPSA) is 109 Å². The van der Waals surface area contributed by atoms with E-state index in [2.05, 4.69) is 20.1 Å². The Morgan fingerprint density at radius 3 is 2.84 bits per heavy atom. The van der Waals surface area contributed by atoms with Gasteiger partial charge in [-0.15, -0.1) is 0 Å². The van der Waals surface area contributed by atoms with Crippen molar-refractivity contribution in [2.24, 2.45) is 0 Å². The van der Waals surface area contributed by atoms with Gasteiger partial charge < -0.3 is 14.9 Å². The molecule has 8 heteroatoms. The van der Waals surface area contributed by atoms with Crippen molar-refractivity contribution in [2.75, 3.05) is 5.32 Å². The second kappa shape index (κ2) is 5.71. The molecule has 2 N–H and O–H groups in total. The van der Waals surface area contributed by atoms with Gasteiger partial charge in [0.05, 0.1) is 5.56 Å². The Morgan fingerprint density at radius 2 is 2.26 bits per heavy atom. The van der Waals surface area contributed by atoms with E-state index in [0.29, 0.717) is 11.4 Å². The minimum absolute atomic E-state index is 0.0256. The van der Waals surface area contributed by atoms with E-state index in [9.17, 15) is 9.59 Å². The highest BCUT2D eigenvalue weighted by molar-refractivity contribution is 6.03. The molecule has 19 heavy (non-hydrogen) atoms. The van der Waals surface area contributed by atoms with Gasteiger partial charge in [-0.2, -0.15) is 0 Å².